The second-order valence-corrected chi connectivity index (χ2v) is 13.8. The highest BCUT2D eigenvalue weighted by molar-refractivity contribution is 6.80. The SMILES string of the molecule is CC1(C)CN([C@@H](c2ccc(F)c(F)c2)[C@H](CO[Si](c2ccccc2)c2ccccc2)C(C)(C)C)C(=O)C(O)O1. The van der Waals surface area contributed by atoms with Gasteiger partial charge in [-0.2, -0.15) is 0 Å². The van der Waals surface area contributed by atoms with Crippen LogP contribution in [0.15, 0.2) is 78.9 Å². The summed E-state index contributed by atoms with van der Waals surface area (Å²) in [5.74, 6) is -2.92. The van der Waals surface area contributed by atoms with Crippen molar-refractivity contribution in [2.45, 2.75) is 52.6 Å². The van der Waals surface area contributed by atoms with E-state index in [-0.39, 0.29) is 19.1 Å². The smallest absolute Gasteiger partial charge is 0.282 e. The van der Waals surface area contributed by atoms with Gasteiger partial charge in [0, 0.05) is 12.5 Å². The van der Waals surface area contributed by atoms with Crippen molar-refractivity contribution in [3.05, 3.63) is 96.1 Å². The second-order valence-electron chi connectivity index (χ2n) is 11.7. The van der Waals surface area contributed by atoms with Crippen LogP contribution >= 0.6 is 0 Å². The van der Waals surface area contributed by atoms with Gasteiger partial charge in [0.05, 0.1) is 18.2 Å². The number of benzene rings is 3. The molecule has 0 spiro atoms. The van der Waals surface area contributed by atoms with Crippen LogP contribution < -0.4 is 10.4 Å². The van der Waals surface area contributed by atoms with E-state index in [2.05, 4.69) is 0 Å². The zero-order valence-electron chi connectivity index (χ0n) is 23.0. The van der Waals surface area contributed by atoms with Crippen LogP contribution in [0, 0.1) is 23.0 Å². The Hall–Kier alpha value is -2.91. The highest BCUT2D eigenvalue weighted by Crippen LogP contribution is 2.43. The van der Waals surface area contributed by atoms with Gasteiger partial charge in [-0.3, -0.25) is 4.79 Å². The first-order chi connectivity index (χ1) is 18.4. The monoisotopic (exact) mass is 552 g/mol. The molecule has 0 bridgehead atoms. The number of rotatable bonds is 8. The highest BCUT2D eigenvalue weighted by Gasteiger charge is 2.47. The molecule has 1 fully saturated rings. The summed E-state index contributed by atoms with van der Waals surface area (Å²) in [4.78, 5) is 14.9. The molecular formula is C31H36F2NO4Si. The molecule has 1 heterocycles. The summed E-state index contributed by atoms with van der Waals surface area (Å²) in [6, 6.07) is 23.0. The molecule has 207 valence electrons. The van der Waals surface area contributed by atoms with E-state index in [9.17, 15) is 18.7 Å². The minimum Gasteiger partial charge on any atom is -0.407 e. The molecule has 1 amide bonds. The molecular weight excluding hydrogens is 516 g/mol. The van der Waals surface area contributed by atoms with Crippen molar-refractivity contribution in [1.82, 2.24) is 4.90 Å². The number of carbonyl (C=O) groups is 1. The third-order valence-corrected chi connectivity index (χ3v) is 9.24. The molecule has 8 heteroatoms. The summed E-state index contributed by atoms with van der Waals surface area (Å²) in [6.07, 6.45) is -1.66. The summed E-state index contributed by atoms with van der Waals surface area (Å²) < 4.78 is 40.9. The van der Waals surface area contributed by atoms with Crippen LogP contribution in [0.5, 0.6) is 0 Å². The largest absolute Gasteiger partial charge is 0.407 e. The maximum Gasteiger partial charge on any atom is 0.282 e. The van der Waals surface area contributed by atoms with E-state index in [4.69, 9.17) is 9.16 Å². The van der Waals surface area contributed by atoms with Crippen molar-refractivity contribution in [3.8, 4) is 0 Å². The van der Waals surface area contributed by atoms with Crippen LogP contribution in [0.3, 0.4) is 0 Å². The van der Waals surface area contributed by atoms with Crippen molar-refractivity contribution < 1.29 is 27.8 Å². The van der Waals surface area contributed by atoms with Crippen molar-refractivity contribution in [2.24, 2.45) is 11.3 Å². The fourth-order valence-electron chi connectivity index (χ4n) is 5.08. The van der Waals surface area contributed by atoms with E-state index in [0.29, 0.717) is 5.56 Å². The van der Waals surface area contributed by atoms with E-state index >= 15 is 0 Å². The van der Waals surface area contributed by atoms with E-state index < -0.39 is 49.9 Å². The Labute approximate surface area is 231 Å². The minimum atomic E-state index is -1.67. The Bertz CT molecular complexity index is 1230. The molecule has 5 nitrogen and oxygen atoms in total. The number of ether oxygens (including phenoxy) is 1. The first-order valence-electron chi connectivity index (χ1n) is 13.1. The van der Waals surface area contributed by atoms with Crippen LogP contribution in [0.4, 0.5) is 8.78 Å². The van der Waals surface area contributed by atoms with Crippen LogP contribution in [0.2, 0.25) is 0 Å². The summed E-state index contributed by atoms with van der Waals surface area (Å²) in [5.41, 5.74) is -0.844. The van der Waals surface area contributed by atoms with Gasteiger partial charge in [0.2, 0.25) is 6.29 Å². The van der Waals surface area contributed by atoms with Crippen molar-refractivity contribution in [3.63, 3.8) is 0 Å². The first-order valence-corrected chi connectivity index (χ1v) is 14.5. The minimum absolute atomic E-state index is 0.161. The van der Waals surface area contributed by atoms with E-state index in [1.54, 1.807) is 13.8 Å². The van der Waals surface area contributed by atoms with Crippen molar-refractivity contribution >= 4 is 25.3 Å². The van der Waals surface area contributed by atoms with Crippen LogP contribution in [0.25, 0.3) is 0 Å². The number of morpholine rings is 1. The zero-order chi connectivity index (χ0) is 28.4. The van der Waals surface area contributed by atoms with Gasteiger partial charge in [0.15, 0.2) is 11.6 Å². The van der Waals surface area contributed by atoms with Gasteiger partial charge >= 0.3 is 0 Å². The van der Waals surface area contributed by atoms with Gasteiger partial charge in [-0.25, -0.2) is 8.78 Å². The predicted molar refractivity (Wildman–Crippen MR) is 149 cm³/mol. The van der Waals surface area contributed by atoms with Crippen LogP contribution in [-0.4, -0.2) is 50.0 Å². The molecule has 1 unspecified atom stereocenters. The molecule has 0 saturated carbocycles. The summed E-state index contributed by atoms with van der Waals surface area (Å²) in [7, 11) is -1.67. The molecule has 1 aliphatic heterocycles. The molecule has 39 heavy (non-hydrogen) atoms. The highest BCUT2D eigenvalue weighted by atomic mass is 28.3. The maximum absolute atomic E-state index is 14.6. The fraction of sp³-hybridized carbons (Fsp3) is 0.387. The Kier molecular flexibility index (Phi) is 8.71. The van der Waals surface area contributed by atoms with E-state index in [0.717, 1.165) is 22.5 Å². The molecule has 1 N–H and O–H groups in total. The predicted octanol–water partition coefficient (Wildman–Crippen LogP) is 4.45. The van der Waals surface area contributed by atoms with E-state index in [1.165, 1.54) is 11.0 Å². The van der Waals surface area contributed by atoms with Crippen LogP contribution in [-0.2, 0) is 14.0 Å². The topological polar surface area (TPSA) is 59.0 Å². The molecule has 3 atom stereocenters. The third kappa shape index (κ3) is 6.81. The summed E-state index contributed by atoms with van der Waals surface area (Å²) >= 11 is 0. The van der Waals surface area contributed by atoms with Gasteiger partial charge in [-0.15, -0.1) is 0 Å². The Morgan fingerprint density at radius 3 is 2.08 bits per heavy atom. The lowest BCUT2D eigenvalue weighted by Crippen LogP contribution is -2.59. The molecule has 0 aromatic heterocycles. The van der Waals surface area contributed by atoms with Gasteiger partial charge in [-0.1, -0.05) is 87.5 Å². The summed E-state index contributed by atoms with van der Waals surface area (Å²) in [5, 5.41) is 12.7. The Morgan fingerprint density at radius 2 is 1.56 bits per heavy atom. The number of amides is 1. The lowest BCUT2D eigenvalue weighted by molar-refractivity contribution is -0.227. The molecule has 1 saturated heterocycles. The lowest BCUT2D eigenvalue weighted by atomic mass is 9.73. The number of hydrogen-bond acceptors (Lipinski definition) is 4. The number of aliphatic hydroxyl groups excluding tert-OH is 1. The first kappa shape index (κ1) is 29.1. The van der Waals surface area contributed by atoms with Gasteiger partial charge in [-0.05, 0) is 47.3 Å². The molecule has 1 aliphatic rings. The molecule has 4 rings (SSSR count). The molecule has 0 aliphatic carbocycles. The number of nitrogens with zero attached hydrogens (tertiary/aromatic N) is 1. The van der Waals surface area contributed by atoms with Crippen molar-refractivity contribution in [1.29, 1.82) is 0 Å². The molecule has 3 aromatic rings. The number of halogens is 2. The lowest BCUT2D eigenvalue weighted by Gasteiger charge is -2.49. The van der Waals surface area contributed by atoms with Crippen molar-refractivity contribution in [2.75, 3.05) is 13.2 Å². The standard InChI is InChI=1S/C31H36F2NO4Si/c1-30(2,3)24(19-37-39(22-12-8-6-9-13-22)23-14-10-7-11-15-23)27(21-16-17-25(32)26(33)18-21)34-20-31(4,5)38-29(36)28(34)35/h6-18,24,27,29,36H,19-20H2,1-5H3/t24-,27-,29?/m0/s1. The number of hydrogen-bond donors (Lipinski definition) is 1. The number of carbonyl (C=O) groups excluding carboxylic acids is 1. The van der Waals surface area contributed by atoms with Gasteiger partial charge in [0.25, 0.3) is 14.9 Å². The van der Waals surface area contributed by atoms with Crippen LogP contribution in [0.1, 0.15) is 46.2 Å². The Morgan fingerprint density at radius 1 is 1.00 bits per heavy atom. The maximum atomic E-state index is 14.6. The fourth-order valence-corrected chi connectivity index (χ4v) is 7.08. The molecule has 3 aromatic carbocycles. The average molecular weight is 553 g/mol. The van der Waals surface area contributed by atoms with E-state index in [1.807, 2.05) is 81.4 Å². The normalized spacial score (nSPS) is 19.3. The Balaban J connectivity index is 1.78. The second kappa shape index (κ2) is 11.7. The molecule has 1 radical (unpaired) electrons. The zero-order valence-corrected chi connectivity index (χ0v) is 24.0. The quantitative estimate of drug-likeness (QED) is 0.420. The summed E-state index contributed by atoms with van der Waals surface area (Å²) in [6.45, 7) is 10.1. The third-order valence-electron chi connectivity index (χ3n) is 7.07. The van der Waals surface area contributed by atoms with Gasteiger partial charge < -0.3 is 19.2 Å². The van der Waals surface area contributed by atoms with Gasteiger partial charge in [0.1, 0.15) is 0 Å². The number of aliphatic hydroxyl groups is 1. The average Bonchev–Trinajstić information content (AvgIpc) is 2.88.